The Labute approximate surface area is 193 Å². The molecule has 8 heteroatoms. The topological polar surface area (TPSA) is 125 Å². The van der Waals surface area contributed by atoms with Gasteiger partial charge in [-0.2, -0.15) is 0 Å². The van der Waals surface area contributed by atoms with Crippen LogP contribution in [0, 0.1) is 0 Å². The quantitative estimate of drug-likeness (QED) is 0.482. The third-order valence-electron chi connectivity index (χ3n) is 5.13. The molecule has 2 N–H and O–H groups in total. The van der Waals surface area contributed by atoms with Gasteiger partial charge in [0.2, 0.25) is 0 Å². The standard InChI is InChI=1S/C21H27N3O.C4H4O4/c1-3-4-13-22-21(25)23-20-12-8-11-17-18(14-24(2)15-19(17)20)16-9-6-5-7-10-16;5-3(6)1-2-4(7)8/h5-12,18H,3-4,13-15H2,1-2H3,(H2,22,23,25);1-2H,(H,5,6)(H,7,8)/p-2/b;2-1-. The summed E-state index contributed by atoms with van der Waals surface area (Å²) in [4.78, 5) is 33.3. The van der Waals surface area contributed by atoms with Crippen molar-refractivity contribution in [2.24, 2.45) is 0 Å². The predicted octanol–water partition coefficient (Wildman–Crippen LogP) is 1.23. The molecule has 1 unspecified atom stereocenters. The number of carboxylic acid groups (broad SMARTS) is 2. The van der Waals surface area contributed by atoms with Crippen molar-refractivity contribution in [2.45, 2.75) is 32.2 Å². The van der Waals surface area contributed by atoms with Crippen molar-refractivity contribution in [1.29, 1.82) is 0 Å². The number of amides is 2. The molecular weight excluding hydrogens is 422 g/mol. The van der Waals surface area contributed by atoms with Gasteiger partial charge in [-0.1, -0.05) is 55.8 Å². The van der Waals surface area contributed by atoms with E-state index in [1.165, 1.54) is 16.7 Å². The van der Waals surface area contributed by atoms with E-state index in [4.69, 9.17) is 0 Å². The van der Waals surface area contributed by atoms with Gasteiger partial charge in [0.25, 0.3) is 0 Å². The maximum atomic E-state index is 12.2. The first kappa shape index (κ1) is 25.6. The Balaban J connectivity index is 0.000000414. The fraction of sp³-hybridized carbons (Fsp3) is 0.320. The highest BCUT2D eigenvalue weighted by Crippen LogP contribution is 2.36. The molecule has 0 saturated heterocycles. The molecule has 2 aromatic rings. The van der Waals surface area contributed by atoms with Crippen LogP contribution < -0.4 is 20.8 Å². The predicted molar refractivity (Wildman–Crippen MR) is 122 cm³/mol. The van der Waals surface area contributed by atoms with Gasteiger partial charge in [-0.15, -0.1) is 0 Å². The largest absolute Gasteiger partial charge is 0.545 e. The maximum Gasteiger partial charge on any atom is 0.319 e. The Bertz CT molecular complexity index is 959. The molecule has 33 heavy (non-hydrogen) atoms. The van der Waals surface area contributed by atoms with E-state index in [0.29, 0.717) is 24.6 Å². The Hall–Kier alpha value is -3.65. The number of rotatable bonds is 7. The Morgan fingerprint density at radius 3 is 2.30 bits per heavy atom. The molecule has 1 heterocycles. The van der Waals surface area contributed by atoms with Crippen LogP contribution in [0.3, 0.4) is 0 Å². The fourth-order valence-electron chi connectivity index (χ4n) is 3.62. The molecule has 1 atom stereocenters. The van der Waals surface area contributed by atoms with Gasteiger partial charge in [-0.05, 0) is 48.4 Å². The zero-order valence-corrected chi connectivity index (χ0v) is 18.9. The number of carboxylic acids is 2. The third kappa shape index (κ3) is 8.42. The second kappa shape index (κ2) is 13.0. The molecule has 1 aliphatic heterocycles. The number of unbranched alkanes of at least 4 members (excludes halogenated alkanes) is 1. The number of hydrogen-bond acceptors (Lipinski definition) is 6. The molecule has 2 aromatic carbocycles. The molecule has 0 fully saturated rings. The van der Waals surface area contributed by atoms with Gasteiger partial charge in [-0.25, -0.2) is 4.79 Å². The summed E-state index contributed by atoms with van der Waals surface area (Å²) in [5.74, 6) is -2.76. The van der Waals surface area contributed by atoms with E-state index in [-0.39, 0.29) is 6.03 Å². The van der Waals surface area contributed by atoms with Crippen LogP contribution in [-0.4, -0.2) is 43.0 Å². The number of nitrogens with one attached hydrogen (secondary N) is 2. The zero-order valence-electron chi connectivity index (χ0n) is 18.9. The number of benzene rings is 2. The van der Waals surface area contributed by atoms with E-state index in [1.54, 1.807) is 0 Å². The first-order valence-corrected chi connectivity index (χ1v) is 10.8. The van der Waals surface area contributed by atoms with Crippen LogP contribution in [0.1, 0.15) is 42.4 Å². The summed E-state index contributed by atoms with van der Waals surface area (Å²) < 4.78 is 0. The number of carbonyl (C=O) groups excluding carboxylic acids is 3. The van der Waals surface area contributed by atoms with Gasteiger partial charge in [0.15, 0.2) is 0 Å². The Morgan fingerprint density at radius 1 is 1.03 bits per heavy atom. The summed E-state index contributed by atoms with van der Waals surface area (Å²) in [6.45, 7) is 4.67. The number of nitrogens with zero attached hydrogens (tertiary/aromatic N) is 1. The number of likely N-dealkylation sites (N-methyl/N-ethyl adjacent to an activating group) is 1. The SMILES string of the molecule is CCCCNC(=O)Nc1cccc2c1CN(C)CC2c1ccccc1.O=C([O-])/C=C\C(=O)[O-]. The molecule has 0 aliphatic carbocycles. The summed E-state index contributed by atoms with van der Waals surface area (Å²) in [6.07, 6.45) is 2.84. The number of aliphatic carboxylic acids is 2. The van der Waals surface area contributed by atoms with Crippen LogP contribution >= 0.6 is 0 Å². The summed E-state index contributed by atoms with van der Waals surface area (Å²) >= 11 is 0. The van der Waals surface area contributed by atoms with Gasteiger partial charge >= 0.3 is 6.03 Å². The van der Waals surface area contributed by atoms with E-state index in [0.717, 1.165) is 31.6 Å². The van der Waals surface area contributed by atoms with E-state index < -0.39 is 11.9 Å². The molecule has 176 valence electrons. The normalized spacial score (nSPS) is 15.2. The lowest BCUT2D eigenvalue weighted by Gasteiger charge is -2.34. The van der Waals surface area contributed by atoms with Gasteiger partial charge in [0.05, 0.1) is 11.9 Å². The molecule has 8 nitrogen and oxygen atoms in total. The molecule has 2 amide bonds. The van der Waals surface area contributed by atoms with Crippen molar-refractivity contribution in [3.63, 3.8) is 0 Å². The summed E-state index contributed by atoms with van der Waals surface area (Å²) in [7, 11) is 2.14. The number of anilines is 1. The highest BCUT2D eigenvalue weighted by Gasteiger charge is 2.26. The van der Waals surface area contributed by atoms with Gasteiger partial charge in [0.1, 0.15) is 0 Å². The van der Waals surface area contributed by atoms with Crippen molar-refractivity contribution >= 4 is 23.7 Å². The third-order valence-corrected chi connectivity index (χ3v) is 5.13. The highest BCUT2D eigenvalue weighted by atomic mass is 16.4. The monoisotopic (exact) mass is 451 g/mol. The van der Waals surface area contributed by atoms with Crippen molar-refractivity contribution in [3.8, 4) is 0 Å². The van der Waals surface area contributed by atoms with Crippen LogP contribution in [0.2, 0.25) is 0 Å². The number of carbonyl (C=O) groups is 3. The Kier molecular flexibility index (Phi) is 10.1. The minimum absolute atomic E-state index is 0.119. The minimum atomic E-state index is -1.55. The van der Waals surface area contributed by atoms with Crippen molar-refractivity contribution < 1.29 is 24.6 Å². The molecule has 1 aliphatic rings. The molecule has 0 spiro atoms. The fourth-order valence-corrected chi connectivity index (χ4v) is 3.62. The van der Waals surface area contributed by atoms with E-state index in [9.17, 15) is 24.6 Å². The molecule has 3 rings (SSSR count). The van der Waals surface area contributed by atoms with Crippen LogP contribution in [-0.2, 0) is 16.1 Å². The van der Waals surface area contributed by atoms with Crippen LogP contribution in [0.4, 0.5) is 10.5 Å². The van der Waals surface area contributed by atoms with Crippen molar-refractivity contribution in [2.75, 3.05) is 25.5 Å². The molecule has 0 radical (unpaired) electrons. The van der Waals surface area contributed by atoms with Crippen LogP contribution in [0.15, 0.2) is 60.7 Å². The minimum Gasteiger partial charge on any atom is -0.545 e. The van der Waals surface area contributed by atoms with Crippen LogP contribution in [0.25, 0.3) is 0 Å². The Morgan fingerprint density at radius 2 is 1.70 bits per heavy atom. The zero-order chi connectivity index (χ0) is 24.2. The second-order valence-corrected chi connectivity index (χ2v) is 7.74. The van der Waals surface area contributed by atoms with Crippen molar-refractivity contribution in [1.82, 2.24) is 10.2 Å². The average Bonchev–Trinajstić information content (AvgIpc) is 2.79. The number of hydrogen-bond donors (Lipinski definition) is 2. The van der Waals surface area contributed by atoms with E-state index in [2.05, 4.69) is 65.9 Å². The number of fused-ring (bicyclic) bond motifs is 1. The lowest BCUT2D eigenvalue weighted by atomic mass is 9.84. The van der Waals surface area contributed by atoms with Crippen LogP contribution in [0.5, 0.6) is 0 Å². The summed E-state index contributed by atoms with van der Waals surface area (Å²) in [5.41, 5.74) is 4.77. The molecule has 0 aromatic heterocycles. The highest BCUT2D eigenvalue weighted by molar-refractivity contribution is 5.90. The second-order valence-electron chi connectivity index (χ2n) is 7.74. The van der Waals surface area contributed by atoms with Gasteiger partial charge in [-0.3, -0.25) is 0 Å². The van der Waals surface area contributed by atoms with Gasteiger partial charge in [0, 0.05) is 31.2 Å². The maximum absolute atomic E-state index is 12.2. The summed E-state index contributed by atoms with van der Waals surface area (Å²) in [5, 5.41) is 24.8. The van der Waals surface area contributed by atoms with E-state index in [1.807, 2.05) is 12.1 Å². The van der Waals surface area contributed by atoms with Gasteiger partial charge < -0.3 is 35.3 Å². The summed E-state index contributed by atoms with van der Waals surface area (Å²) in [6, 6.07) is 16.7. The molecule has 0 saturated carbocycles. The molecule has 0 bridgehead atoms. The smallest absolute Gasteiger partial charge is 0.319 e. The van der Waals surface area contributed by atoms with Crippen molar-refractivity contribution in [3.05, 3.63) is 77.4 Å². The first-order valence-electron chi connectivity index (χ1n) is 10.8. The number of urea groups is 1. The van der Waals surface area contributed by atoms with E-state index >= 15 is 0 Å². The first-order chi connectivity index (χ1) is 15.8. The lowest BCUT2D eigenvalue weighted by molar-refractivity contribution is -0.301. The average molecular weight is 452 g/mol. The lowest BCUT2D eigenvalue weighted by Crippen LogP contribution is -2.34. The molecular formula is C25H29N3O5-2.